The van der Waals surface area contributed by atoms with Crippen molar-refractivity contribution in [3.8, 4) is 0 Å². The van der Waals surface area contributed by atoms with E-state index in [0.29, 0.717) is 6.42 Å². The summed E-state index contributed by atoms with van der Waals surface area (Å²) in [6.07, 6.45) is 8.25. The maximum atomic E-state index is 12.8. The van der Waals surface area contributed by atoms with Crippen LogP contribution in [0.5, 0.6) is 0 Å². The molecule has 0 radical (unpaired) electrons. The van der Waals surface area contributed by atoms with Crippen LogP contribution in [0.2, 0.25) is 0 Å². The van der Waals surface area contributed by atoms with Gasteiger partial charge >= 0.3 is 0 Å². The summed E-state index contributed by atoms with van der Waals surface area (Å²) in [4.78, 5) is 19.0. The summed E-state index contributed by atoms with van der Waals surface area (Å²) in [5.41, 5.74) is 4.39. The van der Waals surface area contributed by atoms with Crippen LogP contribution < -0.4 is 0 Å². The third kappa shape index (κ3) is 3.44. The van der Waals surface area contributed by atoms with E-state index >= 15 is 0 Å². The van der Waals surface area contributed by atoms with Gasteiger partial charge in [0.05, 0.1) is 11.7 Å². The van der Waals surface area contributed by atoms with Crippen molar-refractivity contribution in [2.45, 2.75) is 52.0 Å². The molecule has 1 saturated heterocycles. The van der Waals surface area contributed by atoms with E-state index in [2.05, 4.69) is 21.2 Å². The molecule has 5 nitrogen and oxygen atoms in total. The fraction of sp³-hybridized carbons (Fsp3) is 0.500. The van der Waals surface area contributed by atoms with Gasteiger partial charge in [-0.25, -0.2) is 0 Å². The van der Waals surface area contributed by atoms with E-state index in [9.17, 15) is 4.79 Å². The van der Waals surface area contributed by atoms with Crippen molar-refractivity contribution < 1.29 is 4.79 Å². The lowest BCUT2D eigenvalue weighted by Crippen LogP contribution is -2.38. The zero-order valence-corrected chi connectivity index (χ0v) is 13.9. The number of likely N-dealkylation sites (tertiary alicyclic amines) is 1. The molecule has 3 rings (SSSR count). The normalized spacial score (nSPS) is 18.2. The smallest absolute Gasteiger partial charge is 0.223 e. The first-order valence-electron chi connectivity index (χ1n) is 8.36. The Kier molecular flexibility index (Phi) is 4.74. The van der Waals surface area contributed by atoms with Gasteiger partial charge in [0.2, 0.25) is 5.91 Å². The number of hydrogen-bond acceptors (Lipinski definition) is 3. The second-order valence-electron chi connectivity index (χ2n) is 6.30. The van der Waals surface area contributed by atoms with Gasteiger partial charge in [0.15, 0.2) is 0 Å². The highest BCUT2D eigenvalue weighted by Crippen LogP contribution is 2.31. The number of carbonyl (C=O) groups is 1. The van der Waals surface area contributed by atoms with Crippen molar-refractivity contribution in [1.82, 2.24) is 20.1 Å². The molecule has 2 aromatic heterocycles. The molecule has 0 saturated carbocycles. The lowest BCUT2D eigenvalue weighted by molar-refractivity contribution is -0.135. The van der Waals surface area contributed by atoms with Crippen LogP contribution in [0, 0.1) is 13.8 Å². The molecule has 23 heavy (non-hydrogen) atoms. The SMILES string of the molecule is Cc1n[nH]c(C)c1CCC(=O)N1CCCC[C@H]1c1cccnc1. The van der Waals surface area contributed by atoms with Gasteiger partial charge < -0.3 is 4.90 Å². The lowest BCUT2D eigenvalue weighted by atomic mass is 9.95. The van der Waals surface area contributed by atoms with E-state index in [1.54, 1.807) is 6.20 Å². The van der Waals surface area contributed by atoms with E-state index < -0.39 is 0 Å². The number of pyridine rings is 1. The Morgan fingerprint density at radius 1 is 1.39 bits per heavy atom. The fourth-order valence-electron chi connectivity index (χ4n) is 3.47. The number of rotatable bonds is 4. The molecule has 0 aromatic carbocycles. The average molecular weight is 312 g/mol. The van der Waals surface area contributed by atoms with Crippen molar-refractivity contribution in [2.75, 3.05) is 6.54 Å². The molecule has 1 amide bonds. The summed E-state index contributed by atoms with van der Waals surface area (Å²) in [6, 6.07) is 4.20. The molecule has 1 N–H and O–H groups in total. The second-order valence-corrected chi connectivity index (χ2v) is 6.30. The van der Waals surface area contributed by atoms with Crippen molar-refractivity contribution in [1.29, 1.82) is 0 Å². The molecule has 1 atom stereocenters. The van der Waals surface area contributed by atoms with Crippen LogP contribution in [0.25, 0.3) is 0 Å². The fourth-order valence-corrected chi connectivity index (χ4v) is 3.47. The number of aromatic amines is 1. The maximum Gasteiger partial charge on any atom is 0.223 e. The molecule has 3 heterocycles. The van der Waals surface area contributed by atoms with Crippen LogP contribution in [0.4, 0.5) is 0 Å². The van der Waals surface area contributed by atoms with Crippen LogP contribution >= 0.6 is 0 Å². The highest BCUT2D eigenvalue weighted by atomic mass is 16.2. The van der Waals surface area contributed by atoms with Crippen LogP contribution in [0.3, 0.4) is 0 Å². The van der Waals surface area contributed by atoms with E-state index in [4.69, 9.17) is 0 Å². The van der Waals surface area contributed by atoms with Crippen LogP contribution in [-0.4, -0.2) is 32.5 Å². The van der Waals surface area contributed by atoms with Crippen LogP contribution in [0.1, 0.15) is 54.2 Å². The average Bonchev–Trinajstić information content (AvgIpc) is 2.92. The van der Waals surface area contributed by atoms with Gasteiger partial charge in [-0.2, -0.15) is 5.10 Å². The Bertz CT molecular complexity index is 645. The van der Waals surface area contributed by atoms with Crippen molar-refractivity contribution in [3.05, 3.63) is 47.0 Å². The summed E-state index contributed by atoms with van der Waals surface area (Å²) < 4.78 is 0. The number of carbonyl (C=O) groups excluding carboxylic acids is 1. The Balaban J connectivity index is 1.69. The van der Waals surface area contributed by atoms with E-state index in [1.165, 1.54) is 12.0 Å². The minimum Gasteiger partial charge on any atom is -0.336 e. The van der Waals surface area contributed by atoms with Crippen LogP contribution in [-0.2, 0) is 11.2 Å². The number of aryl methyl sites for hydroxylation is 2. The summed E-state index contributed by atoms with van der Waals surface area (Å²) in [5, 5.41) is 7.20. The van der Waals surface area contributed by atoms with Gasteiger partial charge in [0, 0.05) is 31.1 Å². The monoisotopic (exact) mass is 312 g/mol. The Morgan fingerprint density at radius 3 is 2.96 bits per heavy atom. The molecule has 1 aliphatic heterocycles. The Labute approximate surface area is 137 Å². The minimum absolute atomic E-state index is 0.177. The number of amides is 1. The molecule has 0 spiro atoms. The van der Waals surface area contributed by atoms with E-state index in [0.717, 1.165) is 42.8 Å². The van der Waals surface area contributed by atoms with Crippen LogP contribution in [0.15, 0.2) is 24.5 Å². The van der Waals surface area contributed by atoms with Gasteiger partial charge in [-0.15, -0.1) is 0 Å². The lowest BCUT2D eigenvalue weighted by Gasteiger charge is -2.36. The number of H-pyrrole nitrogens is 1. The quantitative estimate of drug-likeness (QED) is 0.943. The number of nitrogens with one attached hydrogen (secondary N) is 1. The number of aromatic nitrogens is 3. The standard InChI is InChI=1S/C18H24N4O/c1-13-16(14(2)21-20-13)8-9-18(23)22-11-4-3-7-17(22)15-6-5-10-19-12-15/h5-6,10,12,17H,3-4,7-9,11H2,1-2H3,(H,20,21)/t17-/m0/s1. The molecular weight excluding hydrogens is 288 g/mol. The second kappa shape index (κ2) is 6.94. The molecule has 5 heteroatoms. The molecular formula is C18H24N4O. The van der Waals surface area contributed by atoms with Gasteiger partial charge in [0.25, 0.3) is 0 Å². The summed E-state index contributed by atoms with van der Waals surface area (Å²) >= 11 is 0. The zero-order chi connectivity index (χ0) is 16.2. The number of hydrogen-bond donors (Lipinski definition) is 1. The summed E-state index contributed by atoms with van der Waals surface area (Å²) in [7, 11) is 0. The third-order valence-electron chi connectivity index (χ3n) is 4.76. The largest absolute Gasteiger partial charge is 0.336 e. The first-order chi connectivity index (χ1) is 11.2. The Morgan fingerprint density at radius 2 is 2.26 bits per heavy atom. The highest BCUT2D eigenvalue weighted by molar-refractivity contribution is 5.77. The predicted octanol–water partition coefficient (Wildman–Crippen LogP) is 3.11. The van der Waals surface area contributed by atoms with Crippen molar-refractivity contribution in [2.24, 2.45) is 0 Å². The van der Waals surface area contributed by atoms with Crippen molar-refractivity contribution >= 4 is 5.91 Å². The molecule has 0 bridgehead atoms. The molecule has 1 fully saturated rings. The summed E-state index contributed by atoms with van der Waals surface area (Å²) in [6.45, 7) is 4.85. The number of nitrogens with zero attached hydrogens (tertiary/aromatic N) is 3. The highest BCUT2D eigenvalue weighted by Gasteiger charge is 2.27. The Hall–Kier alpha value is -2.17. The van der Waals surface area contributed by atoms with E-state index in [1.807, 2.05) is 31.0 Å². The maximum absolute atomic E-state index is 12.8. The van der Waals surface area contributed by atoms with Gasteiger partial charge in [-0.3, -0.25) is 14.9 Å². The topological polar surface area (TPSA) is 61.9 Å². The zero-order valence-electron chi connectivity index (χ0n) is 13.9. The first-order valence-corrected chi connectivity index (χ1v) is 8.36. The molecule has 1 aliphatic rings. The minimum atomic E-state index is 0.177. The van der Waals surface area contributed by atoms with Gasteiger partial charge in [0.1, 0.15) is 0 Å². The third-order valence-corrected chi connectivity index (χ3v) is 4.76. The number of piperidine rings is 1. The molecule has 122 valence electrons. The first kappa shape index (κ1) is 15.7. The summed E-state index contributed by atoms with van der Waals surface area (Å²) in [5.74, 6) is 0.235. The molecule has 0 unspecified atom stereocenters. The van der Waals surface area contributed by atoms with Gasteiger partial charge in [-0.1, -0.05) is 6.07 Å². The predicted molar refractivity (Wildman–Crippen MR) is 88.9 cm³/mol. The van der Waals surface area contributed by atoms with E-state index in [-0.39, 0.29) is 11.9 Å². The van der Waals surface area contributed by atoms with Gasteiger partial charge in [-0.05, 0) is 56.7 Å². The molecule has 0 aliphatic carbocycles. The van der Waals surface area contributed by atoms with Crippen molar-refractivity contribution in [3.63, 3.8) is 0 Å². The molecule has 2 aromatic rings.